The van der Waals surface area contributed by atoms with E-state index in [2.05, 4.69) is 10.3 Å². The number of benzene rings is 2. The van der Waals surface area contributed by atoms with Crippen molar-refractivity contribution in [2.24, 2.45) is 0 Å². The van der Waals surface area contributed by atoms with E-state index in [9.17, 15) is 4.79 Å². The predicted molar refractivity (Wildman–Crippen MR) is 107 cm³/mol. The van der Waals surface area contributed by atoms with Crippen molar-refractivity contribution >= 4 is 44.2 Å². The second-order valence-electron chi connectivity index (χ2n) is 5.96. The van der Waals surface area contributed by atoms with Crippen LogP contribution in [0, 0.1) is 0 Å². The number of hydrogen-bond acceptors (Lipinski definition) is 3. The van der Waals surface area contributed by atoms with Gasteiger partial charge in [0.05, 0.1) is 10.2 Å². The van der Waals surface area contributed by atoms with Crippen LogP contribution < -0.4 is 5.32 Å². The first-order chi connectivity index (χ1) is 12.7. The summed E-state index contributed by atoms with van der Waals surface area (Å²) in [5.41, 5.74) is 1.94. The Morgan fingerprint density at radius 1 is 1.12 bits per heavy atom. The number of carbonyl (C=O) groups excluding carboxylic acids is 1. The lowest BCUT2D eigenvalue weighted by Crippen LogP contribution is -2.27. The number of hydrogen-bond donors (Lipinski definition) is 1. The summed E-state index contributed by atoms with van der Waals surface area (Å²) < 4.78 is 2.88. The molecule has 0 aliphatic carbocycles. The summed E-state index contributed by atoms with van der Waals surface area (Å²) in [5, 5.41) is 4.21. The minimum absolute atomic E-state index is 0.0878. The van der Waals surface area contributed by atoms with Crippen molar-refractivity contribution in [2.75, 3.05) is 5.32 Å². The molecule has 130 valence electrons. The Morgan fingerprint density at radius 2 is 1.88 bits per heavy atom. The number of rotatable bonds is 5. The zero-order valence-corrected chi connectivity index (χ0v) is 15.4. The molecule has 0 fully saturated rings. The molecular formula is C20H16ClN3OS. The van der Waals surface area contributed by atoms with Crippen LogP contribution in [0.5, 0.6) is 0 Å². The summed E-state index contributed by atoms with van der Waals surface area (Å²) in [6.45, 7) is 0. The third-order valence-electron chi connectivity index (χ3n) is 4.14. The summed E-state index contributed by atoms with van der Waals surface area (Å²) in [6.07, 6.45) is 4.43. The maximum Gasteiger partial charge on any atom is 0.249 e. The number of carbonyl (C=O) groups is 1. The van der Waals surface area contributed by atoms with Gasteiger partial charge in [-0.25, -0.2) is 4.98 Å². The van der Waals surface area contributed by atoms with Gasteiger partial charge in [0.15, 0.2) is 5.13 Å². The molecule has 26 heavy (non-hydrogen) atoms. The number of aromatic nitrogens is 2. The van der Waals surface area contributed by atoms with Gasteiger partial charge in [-0.1, -0.05) is 53.3 Å². The fourth-order valence-electron chi connectivity index (χ4n) is 2.87. The van der Waals surface area contributed by atoms with Gasteiger partial charge in [-0.15, -0.1) is 0 Å². The normalized spacial score (nSPS) is 12.2. The summed E-state index contributed by atoms with van der Waals surface area (Å²) in [7, 11) is 0. The molecule has 0 spiro atoms. The van der Waals surface area contributed by atoms with E-state index in [1.165, 1.54) is 11.3 Å². The van der Waals surface area contributed by atoms with Gasteiger partial charge in [0.2, 0.25) is 5.91 Å². The fraction of sp³-hybridized carbons (Fsp3) is 0.100. The number of fused-ring (bicyclic) bond motifs is 1. The second kappa shape index (κ2) is 7.32. The molecule has 1 N–H and O–H groups in total. The molecule has 2 aromatic heterocycles. The Labute approximate surface area is 160 Å². The highest BCUT2D eigenvalue weighted by Crippen LogP contribution is 2.29. The monoisotopic (exact) mass is 381 g/mol. The van der Waals surface area contributed by atoms with Crippen LogP contribution >= 0.6 is 22.9 Å². The van der Waals surface area contributed by atoms with Gasteiger partial charge in [-0.2, -0.15) is 0 Å². The molecule has 4 rings (SSSR count). The summed E-state index contributed by atoms with van der Waals surface area (Å²) >= 11 is 7.45. The zero-order valence-electron chi connectivity index (χ0n) is 13.8. The van der Waals surface area contributed by atoms with Gasteiger partial charge in [0.25, 0.3) is 0 Å². The number of nitrogens with zero attached hydrogens (tertiary/aromatic N) is 2. The van der Waals surface area contributed by atoms with E-state index in [4.69, 9.17) is 11.6 Å². The highest BCUT2D eigenvalue weighted by molar-refractivity contribution is 7.22. The summed E-state index contributed by atoms with van der Waals surface area (Å²) in [6, 6.07) is 19.0. The standard InChI is InChI=1S/C20H16ClN3OS/c21-15-8-9-16-18(13-15)26-20(22-16)23-19(25)17(24-10-4-5-11-24)12-14-6-2-1-3-7-14/h1-11,13,17H,12H2,(H,22,23,25)/t17-/m1/s1. The third kappa shape index (κ3) is 3.64. The maximum absolute atomic E-state index is 13.0. The van der Waals surface area contributed by atoms with Crippen LogP contribution in [0.4, 0.5) is 5.13 Å². The van der Waals surface area contributed by atoms with E-state index >= 15 is 0 Å². The Kier molecular flexibility index (Phi) is 4.73. The number of amides is 1. The second-order valence-corrected chi connectivity index (χ2v) is 7.42. The number of nitrogens with one attached hydrogen (secondary N) is 1. The number of halogens is 1. The molecule has 6 heteroatoms. The summed E-state index contributed by atoms with van der Waals surface area (Å²) in [5.74, 6) is -0.0878. The van der Waals surface area contributed by atoms with Crippen molar-refractivity contribution in [1.82, 2.24) is 9.55 Å². The van der Waals surface area contributed by atoms with Gasteiger partial charge in [-0.05, 0) is 35.9 Å². The number of anilines is 1. The zero-order chi connectivity index (χ0) is 17.9. The minimum Gasteiger partial charge on any atom is -0.342 e. The average molecular weight is 382 g/mol. The molecule has 4 nitrogen and oxygen atoms in total. The van der Waals surface area contributed by atoms with Gasteiger partial charge >= 0.3 is 0 Å². The highest BCUT2D eigenvalue weighted by Gasteiger charge is 2.21. The van der Waals surface area contributed by atoms with Gasteiger partial charge < -0.3 is 9.88 Å². The van der Waals surface area contributed by atoms with Crippen LogP contribution in [0.25, 0.3) is 10.2 Å². The van der Waals surface area contributed by atoms with E-state index in [1.54, 1.807) is 6.07 Å². The van der Waals surface area contributed by atoms with Crippen molar-refractivity contribution in [2.45, 2.75) is 12.5 Å². The molecule has 0 bridgehead atoms. The minimum atomic E-state index is -0.344. The molecule has 2 aromatic carbocycles. The van der Waals surface area contributed by atoms with Crippen molar-refractivity contribution in [3.8, 4) is 0 Å². The maximum atomic E-state index is 13.0. The largest absolute Gasteiger partial charge is 0.342 e. The van der Waals surface area contributed by atoms with Gasteiger partial charge in [-0.3, -0.25) is 4.79 Å². The van der Waals surface area contributed by atoms with Gasteiger partial charge in [0.1, 0.15) is 6.04 Å². The lowest BCUT2D eigenvalue weighted by molar-refractivity contribution is -0.119. The van der Waals surface area contributed by atoms with Crippen LogP contribution in [0.3, 0.4) is 0 Å². The molecule has 0 aliphatic rings. The first-order valence-corrected chi connectivity index (χ1v) is 9.42. The van der Waals surface area contributed by atoms with E-state index in [1.807, 2.05) is 71.6 Å². The lowest BCUT2D eigenvalue weighted by atomic mass is 10.1. The number of thiazole rings is 1. The predicted octanol–water partition coefficient (Wildman–Crippen LogP) is 5.17. The van der Waals surface area contributed by atoms with Crippen molar-refractivity contribution in [3.63, 3.8) is 0 Å². The van der Waals surface area contributed by atoms with Crippen LogP contribution in [0.2, 0.25) is 5.02 Å². The van der Waals surface area contributed by atoms with Crippen LogP contribution in [0.1, 0.15) is 11.6 Å². The first kappa shape index (κ1) is 16.8. The Morgan fingerprint density at radius 3 is 2.65 bits per heavy atom. The molecule has 0 saturated heterocycles. The van der Waals surface area contributed by atoms with E-state index < -0.39 is 0 Å². The fourth-order valence-corrected chi connectivity index (χ4v) is 4.01. The summed E-state index contributed by atoms with van der Waals surface area (Å²) in [4.78, 5) is 17.5. The molecule has 0 saturated carbocycles. The topological polar surface area (TPSA) is 46.9 Å². The third-order valence-corrected chi connectivity index (χ3v) is 5.31. The van der Waals surface area contributed by atoms with Gasteiger partial charge in [0, 0.05) is 23.8 Å². The molecule has 0 unspecified atom stereocenters. The van der Waals surface area contributed by atoms with Crippen LogP contribution in [0.15, 0.2) is 73.1 Å². The average Bonchev–Trinajstić information content (AvgIpc) is 3.29. The molecular weight excluding hydrogens is 366 g/mol. The molecule has 4 aromatic rings. The highest BCUT2D eigenvalue weighted by atomic mass is 35.5. The van der Waals surface area contributed by atoms with E-state index in [-0.39, 0.29) is 11.9 Å². The van der Waals surface area contributed by atoms with Crippen LogP contribution in [-0.2, 0) is 11.2 Å². The van der Waals surface area contributed by atoms with E-state index in [0.29, 0.717) is 16.6 Å². The lowest BCUT2D eigenvalue weighted by Gasteiger charge is -2.18. The Bertz CT molecular complexity index is 1030. The van der Waals surface area contributed by atoms with Crippen molar-refractivity contribution in [3.05, 3.63) is 83.6 Å². The molecule has 0 aliphatic heterocycles. The SMILES string of the molecule is O=C(Nc1nc2ccc(Cl)cc2s1)[C@@H](Cc1ccccc1)n1cccc1. The Balaban J connectivity index is 1.59. The first-order valence-electron chi connectivity index (χ1n) is 8.22. The smallest absolute Gasteiger partial charge is 0.249 e. The van der Waals surface area contributed by atoms with Crippen LogP contribution in [-0.4, -0.2) is 15.5 Å². The molecule has 1 amide bonds. The molecule has 1 atom stereocenters. The molecule has 0 radical (unpaired) electrons. The molecule has 2 heterocycles. The quantitative estimate of drug-likeness (QED) is 0.518. The Hall–Kier alpha value is -2.63. The van der Waals surface area contributed by atoms with E-state index in [0.717, 1.165) is 15.8 Å². The van der Waals surface area contributed by atoms with Crippen molar-refractivity contribution in [1.29, 1.82) is 0 Å². The van der Waals surface area contributed by atoms with Crippen molar-refractivity contribution < 1.29 is 4.79 Å².